The number of carbonyl (C=O) groups excluding carboxylic acids is 2. The summed E-state index contributed by atoms with van der Waals surface area (Å²) in [5.74, 6) is -2.25. The van der Waals surface area contributed by atoms with Crippen LogP contribution in [0.3, 0.4) is 0 Å². The fraction of sp³-hybridized carbons (Fsp3) is 0.400. The number of likely N-dealkylation sites (tertiary alicyclic amines) is 1. The number of sulfone groups is 1. The van der Waals surface area contributed by atoms with E-state index < -0.39 is 39.9 Å². The van der Waals surface area contributed by atoms with Crippen molar-refractivity contribution >= 4 is 27.8 Å². The molecule has 9 nitrogen and oxygen atoms in total. The highest BCUT2D eigenvalue weighted by atomic mass is 32.2. The molecule has 186 valence electrons. The Balaban J connectivity index is 1.46. The molecule has 1 heterocycles. The monoisotopic (exact) mass is 500 g/mol. The van der Waals surface area contributed by atoms with Crippen LogP contribution in [-0.4, -0.2) is 73.6 Å². The van der Waals surface area contributed by atoms with Crippen molar-refractivity contribution in [2.45, 2.75) is 37.3 Å². The highest BCUT2D eigenvalue weighted by Gasteiger charge is 2.38. The number of nitrogens with zero attached hydrogens (tertiary/aromatic N) is 1. The van der Waals surface area contributed by atoms with Gasteiger partial charge >= 0.3 is 12.1 Å². The zero-order chi connectivity index (χ0) is 25.2. The molecule has 4 rings (SSSR count). The summed E-state index contributed by atoms with van der Waals surface area (Å²) < 4.78 is 28.9. The molecule has 0 radical (unpaired) electrons. The summed E-state index contributed by atoms with van der Waals surface area (Å²) in [7, 11) is -3.41. The van der Waals surface area contributed by atoms with E-state index in [1.807, 2.05) is 48.5 Å². The number of carboxylic acid groups (broad SMARTS) is 1. The Morgan fingerprint density at radius 2 is 1.69 bits per heavy atom. The van der Waals surface area contributed by atoms with E-state index in [0.717, 1.165) is 28.5 Å². The van der Waals surface area contributed by atoms with Crippen LogP contribution in [0.2, 0.25) is 0 Å². The van der Waals surface area contributed by atoms with E-state index in [0.29, 0.717) is 12.8 Å². The van der Waals surface area contributed by atoms with Gasteiger partial charge in [0, 0.05) is 18.7 Å². The molecule has 1 aliphatic heterocycles. The number of carboxylic acids is 1. The number of fused-ring (bicyclic) bond motifs is 3. The third-order valence-corrected chi connectivity index (χ3v) is 7.51. The maximum Gasteiger partial charge on any atom is 0.407 e. The Morgan fingerprint density at radius 1 is 1.09 bits per heavy atom. The number of hydrogen-bond donors (Lipinski definition) is 2. The predicted octanol–water partition coefficient (Wildman–Crippen LogP) is 2.40. The Morgan fingerprint density at radius 3 is 2.26 bits per heavy atom. The van der Waals surface area contributed by atoms with Crippen molar-refractivity contribution in [1.29, 1.82) is 0 Å². The molecule has 2 N–H and O–H groups in total. The number of ether oxygens (including phenoxy) is 1. The van der Waals surface area contributed by atoms with Gasteiger partial charge in [0.25, 0.3) is 0 Å². The minimum atomic E-state index is -3.41. The highest BCUT2D eigenvalue weighted by Crippen LogP contribution is 2.44. The Hall–Kier alpha value is -3.40. The molecule has 2 aromatic carbocycles. The molecule has 0 bridgehead atoms. The molecular weight excluding hydrogens is 472 g/mol. The van der Waals surface area contributed by atoms with Crippen molar-refractivity contribution < 1.29 is 32.6 Å². The third kappa shape index (κ3) is 5.48. The summed E-state index contributed by atoms with van der Waals surface area (Å²) in [6.45, 7) is 0.270. The second-order valence-corrected chi connectivity index (χ2v) is 11.2. The molecule has 2 aliphatic rings. The van der Waals surface area contributed by atoms with Gasteiger partial charge in [0.1, 0.15) is 28.5 Å². The number of benzene rings is 2. The lowest BCUT2D eigenvalue weighted by atomic mass is 9.98. The molecule has 2 amide bonds. The van der Waals surface area contributed by atoms with E-state index in [4.69, 9.17) is 4.74 Å². The van der Waals surface area contributed by atoms with Crippen molar-refractivity contribution in [3.8, 4) is 11.1 Å². The second-order valence-electron chi connectivity index (χ2n) is 8.97. The third-order valence-electron chi connectivity index (χ3n) is 6.53. The van der Waals surface area contributed by atoms with Crippen molar-refractivity contribution in [2.75, 3.05) is 25.2 Å². The Labute approximate surface area is 204 Å². The molecule has 35 heavy (non-hydrogen) atoms. The molecule has 1 fully saturated rings. The van der Waals surface area contributed by atoms with E-state index >= 15 is 0 Å². The molecule has 1 aliphatic carbocycles. The molecule has 10 heteroatoms. The summed E-state index contributed by atoms with van der Waals surface area (Å²) in [5, 5.41) is 11.9. The average Bonchev–Trinajstić information content (AvgIpc) is 3.43. The number of aliphatic carboxylic acids is 1. The van der Waals surface area contributed by atoms with Crippen LogP contribution in [0.4, 0.5) is 4.79 Å². The molecule has 0 saturated carbocycles. The first-order chi connectivity index (χ1) is 16.7. The summed E-state index contributed by atoms with van der Waals surface area (Å²) in [6.07, 6.45) is 0.837. The fourth-order valence-electron chi connectivity index (χ4n) is 4.86. The van der Waals surface area contributed by atoms with Crippen LogP contribution in [0.25, 0.3) is 11.1 Å². The molecule has 1 saturated heterocycles. The van der Waals surface area contributed by atoms with Gasteiger partial charge in [0.15, 0.2) is 0 Å². The van der Waals surface area contributed by atoms with Gasteiger partial charge in [-0.2, -0.15) is 0 Å². The van der Waals surface area contributed by atoms with Gasteiger partial charge in [-0.1, -0.05) is 48.5 Å². The van der Waals surface area contributed by atoms with Gasteiger partial charge in [-0.15, -0.1) is 0 Å². The maximum absolute atomic E-state index is 13.1. The molecule has 2 atom stereocenters. The van der Waals surface area contributed by atoms with Crippen molar-refractivity contribution in [3.63, 3.8) is 0 Å². The van der Waals surface area contributed by atoms with Crippen LogP contribution in [0, 0.1) is 0 Å². The van der Waals surface area contributed by atoms with Gasteiger partial charge in [0.05, 0.1) is 5.75 Å². The largest absolute Gasteiger partial charge is 0.480 e. The lowest BCUT2D eigenvalue weighted by molar-refractivity contribution is -0.149. The molecule has 1 unspecified atom stereocenters. The minimum absolute atomic E-state index is 0.0360. The summed E-state index contributed by atoms with van der Waals surface area (Å²) in [5.41, 5.74) is 4.22. The summed E-state index contributed by atoms with van der Waals surface area (Å²) in [6, 6.07) is 13.6. The van der Waals surface area contributed by atoms with Crippen molar-refractivity contribution in [2.24, 2.45) is 0 Å². The Kier molecular flexibility index (Phi) is 7.11. The predicted molar refractivity (Wildman–Crippen MR) is 129 cm³/mol. The van der Waals surface area contributed by atoms with E-state index in [-0.39, 0.29) is 31.2 Å². The number of nitrogens with one attached hydrogen (secondary N) is 1. The molecule has 2 aromatic rings. The van der Waals surface area contributed by atoms with Gasteiger partial charge in [-0.25, -0.2) is 18.0 Å². The lowest BCUT2D eigenvalue weighted by Gasteiger charge is -2.27. The van der Waals surface area contributed by atoms with Crippen LogP contribution in [0.1, 0.15) is 36.3 Å². The van der Waals surface area contributed by atoms with Gasteiger partial charge in [0.2, 0.25) is 5.91 Å². The van der Waals surface area contributed by atoms with Crippen LogP contribution in [-0.2, 0) is 24.2 Å². The first kappa shape index (κ1) is 24.7. The number of alkyl carbamates (subject to hydrolysis) is 1. The van der Waals surface area contributed by atoms with E-state index in [2.05, 4.69) is 5.32 Å². The maximum atomic E-state index is 13.1. The van der Waals surface area contributed by atoms with Crippen LogP contribution >= 0.6 is 0 Å². The number of carbonyl (C=O) groups is 3. The molecular formula is C25H28N2O7S. The fourth-order valence-corrected chi connectivity index (χ4v) is 5.52. The molecule has 0 spiro atoms. The van der Waals surface area contributed by atoms with Crippen molar-refractivity contribution in [3.05, 3.63) is 59.7 Å². The topological polar surface area (TPSA) is 130 Å². The van der Waals surface area contributed by atoms with Crippen LogP contribution in [0.5, 0.6) is 0 Å². The first-order valence-electron chi connectivity index (χ1n) is 11.5. The van der Waals surface area contributed by atoms with E-state index in [9.17, 15) is 27.9 Å². The number of rotatable bonds is 8. The minimum Gasteiger partial charge on any atom is -0.480 e. The number of hydrogen-bond acceptors (Lipinski definition) is 6. The lowest BCUT2D eigenvalue weighted by Crippen LogP contribution is -2.52. The first-order valence-corrected chi connectivity index (χ1v) is 13.5. The van der Waals surface area contributed by atoms with E-state index in [1.165, 1.54) is 4.90 Å². The number of amides is 2. The summed E-state index contributed by atoms with van der Waals surface area (Å²) >= 11 is 0. The summed E-state index contributed by atoms with van der Waals surface area (Å²) in [4.78, 5) is 38.5. The van der Waals surface area contributed by atoms with Crippen LogP contribution in [0.15, 0.2) is 48.5 Å². The Bertz CT molecular complexity index is 1200. The normalized spacial score (nSPS) is 18.0. The van der Waals surface area contributed by atoms with Gasteiger partial charge in [-0.05, 0) is 41.5 Å². The van der Waals surface area contributed by atoms with Gasteiger partial charge < -0.3 is 20.1 Å². The van der Waals surface area contributed by atoms with Crippen LogP contribution < -0.4 is 5.32 Å². The second kappa shape index (κ2) is 10.1. The highest BCUT2D eigenvalue weighted by molar-refractivity contribution is 7.90. The SMILES string of the molecule is CS(=O)(=O)CCC(NC(=O)OCC1c2ccccc2-c2ccccc21)C(=O)N1CCC[C@H]1C(=O)O. The standard InChI is InChI=1S/C25H28N2O7S/c1-35(32,33)14-12-21(23(28)27-13-6-11-22(27)24(29)30)26-25(31)34-15-20-18-9-4-2-7-16(18)17-8-3-5-10-19(17)20/h2-5,7-10,20-22H,6,11-15H2,1H3,(H,26,31)(H,29,30)/t21?,22-/m0/s1. The molecule has 0 aromatic heterocycles. The van der Waals surface area contributed by atoms with Gasteiger partial charge in [-0.3, -0.25) is 4.79 Å². The zero-order valence-electron chi connectivity index (χ0n) is 19.3. The van der Waals surface area contributed by atoms with Crippen molar-refractivity contribution in [1.82, 2.24) is 10.2 Å². The smallest absolute Gasteiger partial charge is 0.407 e. The van der Waals surface area contributed by atoms with E-state index in [1.54, 1.807) is 0 Å². The quantitative estimate of drug-likeness (QED) is 0.569. The average molecular weight is 501 g/mol. The zero-order valence-corrected chi connectivity index (χ0v) is 20.2.